The lowest BCUT2D eigenvalue weighted by atomic mass is 10.1. The predicted molar refractivity (Wildman–Crippen MR) is 82.4 cm³/mol. The Morgan fingerprint density at radius 3 is 2.18 bits per heavy atom. The van der Waals surface area contributed by atoms with E-state index in [1.807, 2.05) is 0 Å². The third-order valence-corrected chi connectivity index (χ3v) is 3.68. The van der Waals surface area contributed by atoms with Gasteiger partial charge in [0.05, 0.1) is 22.4 Å². The van der Waals surface area contributed by atoms with E-state index in [1.54, 1.807) is 12.1 Å². The molecule has 0 bridgehead atoms. The van der Waals surface area contributed by atoms with Crippen LogP contribution in [-0.2, 0) is 10.0 Å². The van der Waals surface area contributed by atoms with E-state index in [0.717, 1.165) is 5.56 Å². The highest BCUT2D eigenvalue weighted by Gasteiger charge is 2.06. The maximum Gasteiger partial charge on any atom is 0.335 e. The van der Waals surface area contributed by atoms with E-state index < -0.39 is 16.0 Å². The second kappa shape index (κ2) is 6.37. The molecule has 0 heterocycles. The number of carboxylic acid groups (broad SMARTS) is 1. The lowest BCUT2D eigenvalue weighted by molar-refractivity contribution is 0.0697. The Hall–Kier alpha value is -2.71. The number of rotatable bonds is 5. The minimum atomic E-state index is -3.71. The number of nitrogens with one attached hydrogen (secondary N) is 1. The van der Waals surface area contributed by atoms with Gasteiger partial charge in [-0.2, -0.15) is 5.10 Å². The summed E-state index contributed by atoms with van der Waals surface area (Å²) >= 11 is 0. The van der Waals surface area contributed by atoms with Gasteiger partial charge in [-0.05, 0) is 42.0 Å². The number of nitrogens with two attached hydrogens (primary N) is 1. The van der Waals surface area contributed by atoms with Crippen LogP contribution in [0.15, 0.2) is 58.5 Å². The Balaban J connectivity index is 2.01. The fourth-order valence-electron chi connectivity index (χ4n) is 1.61. The normalized spacial score (nSPS) is 11.5. The van der Waals surface area contributed by atoms with E-state index in [0.29, 0.717) is 5.69 Å². The van der Waals surface area contributed by atoms with Crippen molar-refractivity contribution in [3.05, 3.63) is 59.7 Å². The number of hydrazone groups is 1. The van der Waals surface area contributed by atoms with Crippen molar-refractivity contribution in [3.8, 4) is 0 Å². The Bertz CT molecular complexity index is 797. The molecule has 2 rings (SSSR count). The van der Waals surface area contributed by atoms with Crippen molar-refractivity contribution >= 4 is 27.9 Å². The highest BCUT2D eigenvalue weighted by molar-refractivity contribution is 7.89. The van der Waals surface area contributed by atoms with E-state index in [9.17, 15) is 13.2 Å². The number of benzene rings is 2. The lowest BCUT2D eigenvalue weighted by Gasteiger charge is -2.02. The van der Waals surface area contributed by atoms with Crippen LogP contribution in [0.25, 0.3) is 0 Å². The zero-order valence-corrected chi connectivity index (χ0v) is 12.1. The lowest BCUT2D eigenvalue weighted by Crippen LogP contribution is -2.11. The number of nitrogens with zero attached hydrogens (tertiary/aromatic N) is 1. The molecule has 4 N–H and O–H groups in total. The largest absolute Gasteiger partial charge is 0.478 e. The zero-order chi connectivity index (χ0) is 16.2. The number of hydrogen-bond donors (Lipinski definition) is 3. The first-order valence-corrected chi connectivity index (χ1v) is 7.66. The van der Waals surface area contributed by atoms with Crippen LogP contribution in [0, 0.1) is 0 Å². The van der Waals surface area contributed by atoms with Crippen LogP contribution in [0.1, 0.15) is 15.9 Å². The molecule has 0 unspecified atom stereocenters. The van der Waals surface area contributed by atoms with E-state index >= 15 is 0 Å². The van der Waals surface area contributed by atoms with E-state index in [4.69, 9.17) is 10.2 Å². The number of aromatic carboxylic acids is 1. The van der Waals surface area contributed by atoms with Crippen molar-refractivity contribution in [2.24, 2.45) is 10.2 Å². The molecule has 0 saturated heterocycles. The first-order valence-electron chi connectivity index (χ1n) is 6.11. The SMILES string of the molecule is NS(=O)(=O)c1ccc(N/N=C/c2ccc(C(=O)O)cc2)cc1. The molecule has 7 nitrogen and oxygen atoms in total. The van der Waals surface area contributed by atoms with Crippen molar-refractivity contribution in [1.29, 1.82) is 0 Å². The average Bonchev–Trinajstić information content (AvgIpc) is 2.47. The van der Waals surface area contributed by atoms with Gasteiger partial charge in [0.15, 0.2) is 0 Å². The van der Waals surface area contributed by atoms with Crippen molar-refractivity contribution in [1.82, 2.24) is 0 Å². The summed E-state index contributed by atoms with van der Waals surface area (Å²) in [7, 11) is -3.71. The molecule has 0 radical (unpaired) electrons. The maximum absolute atomic E-state index is 11.1. The highest BCUT2D eigenvalue weighted by Crippen LogP contribution is 2.12. The molecule has 114 valence electrons. The van der Waals surface area contributed by atoms with Gasteiger partial charge in [-0.1, -0.05) is 12.1 Å². The van der Waals surface area contributed by atoms with Crippen molar-refractivity contribution in [2.45, 2.75) is 4.90 Å². The summed E-state index contributed by atoms with van der Waals surface area (Å²) in [5.41, 5.74) is 4.23. The number of carbonyl (C=O) groups is 1. The molecule has 2 aromatic rings. The topological polar surface area (TPSA) is 122 Å². The highest BCUT2D eigenvalue weighted by atomic mass is 32.2. The van der Waals surface area contributed by atoms with E-state index in [1.165, 1.54) is 42.6 Å². The van der Waals surface area contributed by atoms with Gasteiger partial charge in [0, 0.05) is 0 Å². The average molecular weight is 319 g/mol. The standard InChI is InChI=1S/C14H13N3O4S/c15-22(20,21)13-7-5-12(6-8-13)17-16-9-10-1-3-11(4-2-10)14(18)19/h1-9,17H,(H,18,19)(H2,15,20,21)/b16-9+. The zero-order valence-electron chi connectivity index (χ0n) is 11.3. The van der Waals surface area contributed by atoms with Crippen LogP contribution in [0.2, 0.25) is 0 Å². The molecule has 0 aromatic heterocycles. The van der Waals surface area contributed by atoms with Gasteiger partial charge in [0.2, 0.25) is 10.0 Å². The number of primary sulfonamides is 1. The van der Waals surface area contributed by atoms with Gasteiger partial charge in [-0.15, -0.1) is 0 Å². The van der Waals surface area contributed by atoms with E-state index in [-0.39, 0.29) is 10.5 Å². The minimum Gasteiger partial charge on any atom is -0.478 e. The fraction of sp³-hybridized carbons (Fsp3) is 0. The summed E-state index contributed by atoms with van der Waals surface area (Å²) in [6.45, 7) is 0. The Kier molecular flexibility index (Phi) is 4.54. The Morgan fingerprint density at radius 2 is 1.68 bits per heavy atom. The molecular weight excluding hydrogens is 306 g/mol. The Labute approximate surface area is 127 Å². The molecule has 0 spiro atoms. The summed E-state index contributed by atoms with van der Waals surface area (Å²) in [6.07, 6.45) is 1.51. The second-order valence-corrected chi connectivity index (χ2v) is 5.93. The van der Waals surface area contributed by atoms with Crippen molar-refractivity contribution in [2.75, 3.05) is 5.43 Å². The van der Waals surface area contributed by atoms with Gasteiger partial charge < -0.3 is 5.11 Å². The van der Waals surface area contributed by atoms with Crippen LogP contribution >= 0.6 is 0 Å². The first kappa shape index (κ1) is 15.7. The van der Waals surface area contributed by atoms with Gasteiger partial charge in [0.1, 0.15) is 0 Å². The van der Waals surface area contributed by atoms with Crippen LogP contribution < -0.4 is 10.6 Å². The second-order valence-electron chi connectivity index (χ2n) is 4.37. The smallest absolute Gasteiger partial charge is 0.335 e. The summed E-state index contributed by atoms with van der Waals surface area (Å²) in [5.74, 6) is -0.989. The van der Waals surface area contributed by atoms with E-state index in [2.05, 4.69) is 10.5 Å². The molecular formula is C14H13N3O4S. The molecule has 0 aliphatic carbocycles. The third-order valence-electron chi connectivity index (χ3n) is 2.75. The summed E-state index contributed by atoms with van der Waals surface area (Å²) in [5, 5.41) is 17.8. The molecule has 22 heavy (non-hydrogen) atoms. The van der Waals surface area contributed by atoms with Crippen molar-refractivity contribution < 1.29 is 18.3 Å². The molecule has 0 aliphatic heterocycles. The molecule has 0 atom stereocenters. The van der Waals surface area contributed by atoms with Crippen LogP contribution in [0.5, 0.6) is 0 Å². The van der Waals surface area contributed by atoms with Gasteiger partial charge in [-0.25, -0.2) is 18.4 Å². The number of sulfonamides is 1. The van der Waals surface area contributed by atoms with Crippen molar-refractivity contribution in [3.63, 3.8) is 0 Å². The minimum absolute atomic E-state index is 0.0197. The number of anilines is 1. The first-order chi connectivity index (χ1) is 10.4. The maximum atomic E-state index is 11.1. The van der Waals surface area contributed by atoms with Crippen LogP contribution in [0.4, 0.5) is 5.69 Å². The summed E-state index contributed by atoms with van der Waals surface area (Å²) in [6, 6.07) is 12.0. The summed E-state index contributed by atoms with van der Waals surface area (Å²) < 4.78 is 22.2. The number of hydrogen-bond acceptors (Lipinski definition) is 5. The number of carboxylic acids is 1. The molecule has 8 heteroatoms. The summed E-state index contributed by atoms with van der Waals surface area (Å²) in [4.78, 5) is 10.7. The van der Waals surface area contributed by atoms with Gasteiger partial charge in [-0.3, -0.25) is 5.43 Å². The van der Waals surface area contributed by atoms with Gasteiger partial charge in [0.25, 0.3) is 0 Å². The van der Waals surface area contributed by atoms with Crippen LogP contribution in [-0.4, -0.2) is 25.7 Å². The van der Waals surface area contributed by atoms with Crippen LogP contribution in [0.3, 0.4) is 0 Å². The third kappa shape index (κ3) is 4.14. The fourth-order valence-corrected chi connectivity index (χ4v) is 2.13. The Morgan fingerprint density at radius 1 is 1.09 bits per heavy atom. The molecule has 0 amide bonds. The van der Waals surface area contributed by atoms with Gasteiger partial charge >= 0.3 is 5.97 Å². The molecule has 0 aliphatic rings. The predicted octanol–water partition coefficient (Wildman–Crippen LogP) is 1.48. The molecule has 0 fully saturated rings. The molecule has 0 saturated carbocycles. The monoisotopic (exact) mass is 319 g/mol. The molecule has 2 aromatic carbocycles. The quantitative estimate of drug-likeness (QED) is 0.569.